The van der Waals surface area contributed by atoms with Gasteiger partial charge in [0.25, 0.3) is 11.6 Å². The van der Waals surface area contributed by atoms with Gasteiger partial charge in [-0.15, -0.1) is 11.8 Å². The second kappa shape index (κ2) is 10.1. The maximum atomic E-state index is 12.6. The Kier molecular flexibility index (Phi) is 7.27. The highest BCUT2D eigenvalue weighted by Crippen LogP contribution is 2.28. The summed E-state index contributed by atoms with van der Waals surface area (Å²) in [6.07, 6.45) is 0. The highest BCUT2D eigenvalue weighted by molar-refractivity contribution is 8.00. The van der Waals surface area contributed by atoms with Gasteiger partial charge in [0, 0.05) is 34.0 Å². The number of nitrogens with one attached hydrogen (secondary N) is 2. The van der Waals surface area contributed by atoms with Crippen molar-refractivity contribution in [2.24, 2.45) is 0 Å². The van der Waals surface area contributed by atoms with Crippen molar-refractivity contribution in [1.29, 1.82) is 0 Å². The molecule has 0 bridgehead atoms. The SMILES string of the molecule is Cc1ccc(C(=O)Nc2cccc(SC(C)C(=O)Nc3ccc([N+](=O)[O-])cc3C)c2)cc1. The molecule has 1 atom stereocenters. The second-order valence-corrected chi connectivity index (χ2v) is 8.77. The lowest BCUT2D eigenvalue weighted by Crippen LogP contribution is -2.22. The molecule has 3 aromatic rings. The molecule has 0 aliphatic rings. The zero-order valence-corrected chi connectivity index (χ0v) is 18.7. The quantitative estimate of drug-likeness (QED) is 0.278. The first-order valence-corrected chi connectivity index (χ1v) is 10.8. The number of anilines is 2. The first-order chi connectivity index (χ1) is 15.2. The van der Waals surface area contributed by atoms with Crippen molar-refractivity contribution in [2.45, 2.75) is 30.9 Å². The fraction of sp³-hybridized carbons (Fsp3) is 0.167. The van der Waals surface area contributed by atoms with Crippen molar-refractivity contribution in [1.82, 2.24) is 0 Å². The van der Waals surface area contributed by atoms with Gasteiger partial charge in [0.15, 0.2) is 0 Å². The molecule has 0 radical (unpaired) electrons. The highest BCUT2D eigenvalue weighted by atomic mass is 32.2. The number of nitro groups is 1. The van der Waals surface area contributed by atoms with Gasteiger partial charge in [-0.3, -0.25) is 19.7 Å². The van der Waals surface area contributed by atoms with Crippen LogP contribution < -0.4 is 10.6 Å². The van der Waals surface area contributed by atoms with E-state index in [2.05, 4.69) is 10.6 Å². The average molecular weight is 450 g/mol. The molecule has 32 heavy (non-hydrogen) atoms. The summed E-state index contributed by atoms with van der Waals surface area (Å²) >= 11 is 1.35. The molecule has 0 fully saturated rings. The standard InChI is InChI=1S/C24H23N3O4S/c1-15-7-9-18(10-8-15)24(29)25-19-5-4-6-21(14-19)32-17(3)23(28)26-22-12-11-20(27(30)31)13-16(22)2/h4-14,17H,1-3H3,(H,25,29)(H,26,28). The van der Waals surface area contributed by atoms with Gasteiger partial charge in [-0.1, -0.05) is 23.8 Å². The van der Waals surface area contributed by atoms with Gasteiger partial charge in [-0.2, -0.15) is 0 Å². The summed E-state index contributed by atoms with van der Waals surface area (Å²) < 4.78 is 0. The van der Waals surface area contributed by atoms with Crippen LogP contribution in [0.1, 0.15) is 28.4 Å². The van der Waals surface area contributed by atoms with E-state index in [1.165, 1.54) is 30.0 Å². The Hall–Kier alpha value is -3.65. The van der Waals surface area contributed by atoms with Crippen molar-refractivity contribution in [3.05, 3.63) is 93.5 Å². The summed E-state index contributed by atoms with van der Waals surface area (Å²) in [4.78, 5) is 36.3. The number of benzene rings is 3. The van der Waals surface area contributed by atoms with E-state index in [1.54, 1.807) is 32.0 Å². The van der Waals surface area contributed by atoms with Gasteiger partial charge in [0.05, 0.1) is 10.2 Å². The molecule has 1 unspecified atom stereocenters. The molecule has 0 saturated heterocycles. The summed E-state index contributed by atoms with van der Waals surface area (Å²) in [6.45, 7) is 5.45. The first kappa shape index (κ1) is 23.0. The molecule has 8 heteroatoms. The molecule has 2 N–H and O–H groups in total. The molecule has 2 amide bonds. The Balaban J connectivity index is 1.63. The molecule has 0 aliphatic carbocycles. The fourth-order valence-corrected chi connectivity index (χ4v) is 3.88. The van der Waals surface area contributed by atoms with E-state index in [1.807, 2.05) is 37.3 Å². The highest BCUT2D eigenvalue weighted by Gasteiger charge is 2.17. The van der Waals surface area contributed by atoms with E-state index in [4.69, 9.17) is 0 Å². The summed E-state index contributed by atoms with van der Waals surface area (Å²) in [6, 6.07) is 18.9. The average Bonchev–Trinajstić information content (AvgIpc) is 2.75. The number of nitro benzene ring substituents is 1. The molecule has 0 spiro atoms. The number of rotatable bonds is 7. The second-order valence-electron chi connectivity index (χ2n) is 7.35. The summed E-state index contributed by atoms with van der Waals surface area (Å²) in [5.41, 5.74) is 3.42. The number of nitrogens with zero attached hydrogens (tertiary/aromatic N) is 1. The Morgan fingerprint density at radius 2 is 1.69 bits per heavy atom. The predicted molar refractivity (Wildman–Crippen MR) is 127 cm³/mol. The Labute approximate surface area is 190 Å². The summed E-state index contributed by atoms with van der Waals surface area (Å²) in [7, 11) is 0. The number of amides is 2. The topological polar surface area (TPSA) is 101 Å². The minimum Gasteiger partial charge on any atom is -0.325 e. The van der Waals surface area contributed by atoms with E-state index in [9.17, 15) is 19.7 Å². The molecule has 0 saturated carbocycles. The molecule has 164 valence electrons. The van der Waals surface area contributed by atoms with Gasteiger partial charge >= 0.3 is 0 Å². The van der Waals surface area contributed by atoms with E-state index in [-0.39, 0.29) is 17.5 Å². The molecule has 3 aromatic carbocycles. The third kappa shape index (κ3) is 5.95. The van der Waals surface area contributed by atoms with Gasteiger partial charge < -0.3 is 10.6 Å². The monoisotopic (exact) mass is 449 g/mol. The van der Waals surface area contributed by atoms with Crippen molar-refractivity contribution in [2.75, 3.05) is 10.6 Å². The summed E-state index contributed by atoms with van der Waals surface area (Å²) in [5.74, 6) is -0.423. The van der Waals surface area contributed by atoms with Gasteiger partial charge in [0.2, 0.25) is 5.91 Å². The number of thioether (sulfide) groups is 1. The normalized spacial score (nSPS) is 11.5. The maximum absolute atomic E-state index is 12.6. The van der Waals surface area contributed by atoms with Crippen LogP contribution >= 0.6 is 11.8 Å². The lowest BCUT2D eigenvalue weighted by molar-refractivity contribution is -0.384. The van der Waals surface area contributed by atoms with E-state index >= 15 is 0 Å². The van der Waals surface area contributed by atoms with Crippen LogP contribution in [0.5, 0.6) is 0 Å². The lowest BCUT2D eigenvalue weighted by atomic mass is 10.1. The third-order valence-corrected chi connectivity index (χ3v) is 5.86. The van der Waals surface area contributed by atoms with Crippen LogP contribution in [0.4, 0.5) is 17.1 Å². The van der Waals surface area contributed by atoms with Crippen molar-refractivity contribution < 1.29 is 14.5 Å². The van der Waals surface area contributed by atoms with Gasteiger partial charge in [-0.25, -0.2) is 0 Å². The number of non-ortho nitro benzene ring substituents is 1. The van der Waals surface area contributed by atoms with Gasteiger partial charge in [0.1, 0.15) is 0 Å². The zero-order chi connectivity index (χ0) is 23.3. The Bertz CT molecular complexity index is 1160. The van der Waals surface area contributed by atoms with Crippen LogP contribution in [0, 0.1) is 24.0 Å². The van der Waals surface area contributed by atoms with Crippen LogP contribution in [-0.4, -0.2) is 22.0 Å². The Morgan fingerprint density at radius 1 is 0.969 bits per heavy atom. The van der Waals surface area contributed by atoms with Crippen molar-refractivity contribution >= 4 is 40.6 Å². The molecule has 0 aliphatic heterocycles. The van der Waals surface area contributed by atoms with E-state index in [0.29, 0.717) is 22.5 Å². The maximum Gasteiger partial charge on any atom is 0.269 e. The third-order valence-electron chi connectivity index (χ3n) is 4.77. The first-order valence-electron chi connectivity index (χ1n) is 9.93. The van der Waals surface area contributed by atoms with Crippen LogP contribution in [0.2, 0.25) is 0 Å². The lowest BCUT2D eigenvalue weighted by Gasteiger charge is -2.14. The minimum absolute atomic E-state index is 0.0209. The largest absolute Gasteiger partial charge is 0.325 e. The zero-order valence-electron chi connectivity index (χ0n) is 17.9. The van der Waals surface area contributed by atoms with Crippen LogP contribution in [-0.2, 0) is 4.79 Å². The van der Waals surface area contributed by atoms with Crippen LogP contribution in [0.3, 0.4) is 0 Å². The van der Waals surface area contributed by atoms with Crippen molar-refractivity contribution in [3.63, 3.8) is 0 Å². The number of hydrogen-bond donors (Lipinski definition) is 2. The molecule has 0 aromatic heterocycles. The fourth-order valence-electron chi connectivity index (χ4n) is 2.95. The number of aryl methyl sites for hydroxylation is 2. The number of carbonyl (C=O) groups excluding carboxylic acids is 2. The predicted octanol–water partition coefficient (Wildman–Crippen LogP) is 5.58. The van der Waals surface area contributed by atoms with E-state index < -0.39 is 10.2 Å². The van der Waals surface area contributed by atoms with Crippen LogP contribution in [0.15, 0.2) is 71.6 Å². The summed E-state index contributed by atoms with van der Waals surface area (Å²) in [5, 5.41) is 16.1. The number of carbonyl (C=O) groups is 2. The van der Waals surface area contributed by atoms with Crippen molar-refractivity contribution in [3.8, 4) is 0 Å². The molecular weight excluding hydrogens is 426 g/mol. The van der Waals surface area contributed by atoms with Gasteiger partial charge in [-0.05, 0) is 62.7 Å². The smallest absolute Gasteiger partial charge is 0.269 e. The minimum atomic E-state index is -0.471. The molecule has 7 nitrogen and oxygen atoms in total. The molecular formula is C24H23N3O4S. The van der Waals surface area contributed by atoms with Crippen LogP contribution in [0.25, 0.3) is 0 Å². The molecule has 3 rings (SSSR count). The molecule has 0 heterocycles. The Morgan fingerprint density at radius 3 is 2.34 bits per heavy atom. The number of hydrogen-bond acceptors (Lipinski definition) is 5. The van der Waals surface area contributed by atoms with E-state index in [0.717, 1.165) is 10.5 Å².